The molecule has 26 heavy (non-hydrogen) atoms. The van der Waals surface area contributed by atoms with Gasteiger partial charge in [-0.1, -0.05) is 42.5 Å². The third-order valence-corrected chi connectivity index (χ3v) is 5.84. The Hall–Kier alpha value is -1.85. The standard InChI is InChI=1S/C23H22INO/c24-23-10-4-7-19-16-25(17-22(19)23)15-5-6-18-11-13-21(14-12-18)26-20-8-2-1-3-9-20/h1-4,7-14H,5-6,15-17H2. The number of benzene rings is 3. The lowest BCUT2D eigenvalue weighted by atomic mass is 10.1. The summed E-state index contributed by atoms with van der Waals surface area (Å²) in [4.78, 5) is 2.56. The molecule has 132 valence electrons. The number of para-hydroxylation sites is 1. The van der Waals surface area contributed by atoms with Crippen LogP contribution in [0.3, 0.4) is 0 Å². The van der Waals surface area contributed by atoms with E-state index in [2.05, 4.69) is 70.0 Å². The third kappa shape index (κ3) is 4.27. The smallest absolute Gasteiger partial charge is 0.127 e. The van der Waals surface area contributed by atoms with Gasteiger partial charge in [0.25, 0.3) is 0 Å². The maximum absolute atomic E-state index is 5.86. The van der Waals surface area contributed by atoms with Gasteiger partial charge in [0.15, 0.2) is 0 Å². The van der Waals surface area contributed by atoms with E-state index in [1.807, 2.05) is 30.3 Å². The summed E-state index contributed by atoms with van der Waals surface area (Å²) < 4.78 is 7.26. The number of hydrogen-bond donors (Lipinski definition) is 0. The van der Waals surface area contributed by atoms with Crippen molar-refractivity contribution in [2.45, 2.75) is 25.9 Å². The number of nitrogens with zero attached hydrogens (tertiary/aromatic N) is 1. The van der Waals surface area contributed by atoms with Crippen LogP contribution in [0.4, 0.5) is 0 Å². The van der Waals surface area contributed by atoms with Crippen molar-refractivity contribution in [3.63, 3.8) is 0 Å². The first kappa shape index (κ1) is 17.6. The van der Waals surface area contributed by atoms with Crippen LogP contribution in [-0.4, -0.2) is 11.4 Å². The second-order valence-electron chi connectivity index (χ2n) is 6.75. The minimum absolute atomic E-state index is 0.878. The Morgan fingerprint density at radius 1 is 0.808 bits per heavy atom. The zero-order valence-electron chi connectivity index (χ0n) is 14.7. The lowest BCUT2D eigenvalue weighted by molar-refractivity contribution is 0.280. The van der Waals surface area contributed by atoms with E-state index in [9.17, 15) is 0 Å². The highest BCUT2D eigenvalue weighted by Crippen LogP contribution is 2.27. The van der Waals surface area contributed by atoms with Crippen molar-refractivity contribution in [2.75, 3.05) is 6.54 Å². The van der Waals surface area contributed by atoms with Crippen molar-refractivity contribution in [1.82, 2.24) is 4.90 Å². The van der Waals surface area contributed by atoms with Gasteiger partial charge in [0.2, 0.25) is 0 Å². The van der Waals surface area contributed by atoms with Crippen LogP contribution in [0.25, 0.3) is 0 Å². The summed E-state index contributed by atoms with van der Waals surface area (Å²) in [5.41, 5.74) is 4.39. The Labute approximate surface area is 168 Å². The van der Waals surface area contributed by atoms with E-state index in [0.29, 0.717) is 0 Å². The van der Waals surface area contributed by atoms with Gasteiger partial charge < -0.3 is 4.74 Å². The van der Waals surface area contributed by atoms with Crippen molar-refractivity contribution >= 4 is 22.6 Å². The highest BCUT2D eigenvalue weighted by molar-refractivity contribution is 14.1. The molecular weight excluding hydrogens is 433 g/mol. The molecule has 3 aromatic rings. The van der Waals surface area contributed by atoms with Gasteiger partial charge in [-0.3, -0.25) is 4.90 Å². The van der Waals surface area contributed by atoms with E-state index < -0.39 is 0 Å². The van der Waals surface area contributed by atoms with Gasteiger partial charge in [-0.05, 0) is 89.0 Å². The van der Waals surface area contributed by atoms with Gasteiger partial charge in [-0.25, -0.2) is 0 Å². The lowest BCUT2D eigenvalue weighted by Crippen LogP contribution is -2.18. The largest absolute Gasteiger partial charge is 0.457 e. The molecule has 4 rings (SSSR count). The number of ether oxygens (including phenoxy) is 1. The van der Waals surface area contributed by atoms with Gasteiger partial charge in [-0.2, -0.15) is 0 Å². The first-order valence-corrected chi connectivity index (χ1v) is 10.2. The molecule has 0 radical (unpaired) electrons. The summed E-state index contributed by atoms with van der Waals surface area (Å²) in [7, 11) is 0. The Bertz CT molecular complexity index is 861. The highest BCUT2D eigenvalue weighted by Gasteiger charge is 2.19. The molecule has 1 heterocycles. The summed E-state index contributed by atoms with van der Waals surface area (Å²) in [5.74, 6) is 1.77. The zero-order chi connectivity index (χ0) is 17.8. The summed E-state index contributed by atoms with van der Waals surface area (Å²) in [6.45, 7) is 3.33. The van der Waals surface area contributed by atoms with Crippen LogP contribution in [-0.2, 0) is 19.5 Å². The maximum atomic E-state index is 5.86. The van der Waals surface area contributed by atoms with E-state index in [4.69, 9.17) is 4.74 Å². The fourth-order valence-electron chi connectivity index (χ4n) is 3.46. The van der Waals surface area contributed by atoms with Crippen molar-refractivity contribution in [2.24, 2.45) is 0 Å². The molecule has 0 saturated heterocycles. The van der Waals surface area contributed by atoms with Gasteiger partial charge in [0, 0.05) is 16.7 Å². The van der Waals surface area contributed by atoms with Gasteiger partial charge >= 0.3 is 0 Å². The van der Waals surface area contributed by atoms with Crippen LogP contribution in [0, 0.1) is 3.57 Å². The normalized spacial score (nSPS) is 13.6. The fourth-order valence-corrected chi connectivity index (χ4v) is 4.19. The monoisotopic (exact) mass is 455 g/mol. The van der Waals surface area contributed by atoms with E-state index in [-0.39, 0.29) is 0 Å². The molecule has 3 aromatic carbocycles. The molecular formula is C23H22INO. The number of hydrogen-bond acceptors (Lipinski definition) is 2. The predicted molar refractivity (Wildman–Crippen MR) is 115 cm³/mol. The summed E-state index contributed by atoms with van der Waals surface area (Å²) >= 11 is 2.46. The first-order valence-electron chi connectivity index (χ1n) is 9.08. The lowest BCUT2D eigenvalue weighted by Gasteiger charge is -2.14. The minimum Gasteiger partial charge on any atom is -0.457 e. The van der Waals surface area contributed by atoms with Crippen molar-refractivity contribution in [3.8, 4) is 11.5 Å². The summed E-state index contributed by atoms with van der Waals surface area (Å²) in [6.07, 6.45) is 2.29. The van der Waals surface area contributed by atoms with Crippen molar-refractivity contribution in [1.29, 1.82) is 0 Å². The summed E-state index contributed by atoms with van der Waals surface area (Å²) in [6, 6.07) is 25.1. The first-order chi connectivity index (χ1) is 12.8. The molecule has 0 bridgehead atoms. The van der Waals surface area contributed by atoms with E-state index in [0.717, 1.165) is 37.6 Å². The van der Waals surface area contributed by atoms with Crippen LogP contribution >= 0.6 is 22.6 Å². The number of rotatable bonds is 6. The Kier molecular flexibility index (Phi) is 5.56. The predicted octanol–water partition coefficient (Wildman–Crippen LogP) is 6.03. The van der Waals surface area contributed by atoms with E-state index in [1.165, 1.54) is 26.7 Å². The van der Waals surface area contributed by atoms with Gasteiger partial charge in [0.1, 0.15) is 11.5 Å². The van der Waals surface area contributed by atoms with E-state index in [1.54, 1.807) is 0 Å². The SMILES string of the molecule is Ic1cccc2c1CN(CCCc1ccc(Oc3ccccc3)cc1)C2. The Balaban J connectivity index is 1.26. The van der Waals surface area contributed by atoms with Gasteiger partial charge in [0.05, 0.1) is 0 Å². The number of halogens is 1. The van der Waals surface area contributed by atoms with Gasteiger partial charge in [-0.15, -0.1) is 0 Å². The quantitative estimate of drug-likeness (QED) is 0.421. The molecule has 2 nitrogen and oxygen atoms in total. The molecule has 0 aliphatic carbocycles. The Morgan fingerprint density at radius 2 is 1.58 bits per heavy atom. The molecule has 0 N–H and O–H groups in total. The van der Waals surface area contributed by atoms with Crippen LogP contribution in [0.1, 0.15) is 23.1 Å². The molecule has 0 saturated carbocycles. The molecule has 1 aliphatic rings. The van der Waals surface area contributed by atoms with Crippen molar-refractivity contribution in [3.05, 3.63) is 93.1 Å². The topological polar surface area (TPSA) is 12.5 Å². The molecule has 0 atom stereocenters. The van der Waals surface area contributed by atoms with E-state index >= 15 is 0 Å². The molecule has 1 aliphatic heterocycles. The maximum Gasteiger partial charge on any atom is 0.127 e. The Morgan fingerprint density at radius 3 is 2.35 bits per heavy atom. The van der Waals surface area contributed by atoms with Crippen molar-refractivity contribution < 1.29 is 4.74 Å². The average Bonchev–Trinajstić information content (AvgIpc) is 3.09. The second kappa shape index (κ2) is 8.23. The second-order valence-corrected chi connectivity index (χ2v) is 7.91. The average molecular weight is 455 g/mol. The fraction of sp³-hybridized carbons (Fsp3) is 0.217. The zero-order valence-corrected chi connectivity index (χ0v) is 16.9. The van der Waals surface area contributed by atoms with Crippen LogP contribution in [0.15, 0.2) is 72.8 Å². The minimum atomic E-state index is 0.878. The number of fused-ring (bicyclic) bond motifs is 1. The third-order valence-electron chi connectivity index (χ3n) is 4.83. The van der Waals surface area contributed by atoms with Crippen LogP contribution in [0.5, 0.6) is 11.5 Å². The summed E-state index contributed by atoms with van der Waals surface area (Å²) in [5, 5.41) is 0. The van der Waals surface area contributed by atoms with Crippen LogP contribution < -0.4 is 4.74 Å². The number of aryl methyl sites for hydroxylation is 1. The highest BCUT2D eigenvalue weighted by atomic mass is 127. The molecule has 0 spiro atoms. The molecule has 0 unspecified atom stereocenters. The van der Waals surface area contributed by atoms with Crippen LogP contribution in [0.2, 0.25) is 0 Å². The molecule has 3 heteroatoms. The molecule has 0 amide bonds. The molecule has 0 aromatic heterocycles. The molecule has 0 fully saturated rings.